The number of benzene rings is 1. The highest BCUT2D eigenvalue weighted by Gasteiger charge is 2.34. The Morgan fingerprint density at radius 2 is 1.90 bits per heavy atom. The molecule has 2 N–H and O–H groups in total. The van der Waals surface area contributed by atoms with E-state index in [0.29, 0.717) is 6.07 Å². The first kappa shape index (κ1) is 17.4. The Kier molecular flexibility index (Phi) is 5.35. The first-order valence-corrected chi connectivity index (χ1v) is 6.43. The number of ketones is 1. The summed E-state index contributed by atoms with van der Waals surface area (Å²) < 4.78 is 40.8. The van der Waals surface area contributed by atoms with Crippen LogP contribution in [0, 0.1) is 0 Å². The summed E-state index contributed by atoms with van der Waals surface area (Å²) in [7, 11) is 0. The van der Waals surface area contributed by atoms with Crippen LogP contribution >= 0.6 is 15.9 Å². The standard InChI is InChI=1S/C12H10BrF3O5/c1-5(13)9(17)7-3-2-6(10(18)11(19)20)4-8(7)21-12(14,15)16/h2-5,10,18H,1H3,(H,19,20). The van der Waals surface area contributed by atoms with Crippen LogP contribution in [0.5, 0.6) is 5.75 Å². The van der Waals surface area contributed by atoms with Crippen LogP contribution in [0.15, 0.2) is 18.2 Å². The Balaban J connectivity index is 3.32. The maximum absolute atomic E-state index is 12.4. The summed E-state index contributed by atoms with van der Waals surface area (Å²) in [5.41, 5.74) is -0.710. The van der Waals surface area contributed by atoms with Gasteiger partial charge in [-0.2, -0.15) is 0 Å². The van der Waals surface area contributed by atoms with Gasteiger partial charge in [-0.15, -0.1) is 13.2 Å². The summed E-state index contributed by atoms with van der Waals surface area (Å²) in [6, 6.07) is 2.70. The summed E-state index contributed by atoms with van der Waals surface area (Å²) in [6.45, 7) is 1.42. The van der Waals surface area contributed by atoms with Crippen LogP contribution in [0.1, 0.15) is 28.9 Å². The van der Waals surface area contributed by atoms with Crippen molar-refractivity contribution in [3.8, 4) is 5.75 Å². The zero-order valence-corrected chi connectivity index (χ0v) is 12.1. The van der Waals surface area contributed by atoms with Crippen molar-refractivity contribution in [2.24, 2.45) is 0 Å². The fraction of sp³-hybridized carbons (Fsp3) is 0.333. The molecule has 0 aliphatic heterocycles. The van der Waals surface area contributed by atoms with Crippen LogP contribution in [-0.4, -0.2) is 33.2 Å². The SMILES string of the molecule is CC(Br)C(=O)c1ccc(C(O)C(=O)O)cc1OC(F)(F)F. The number of aliphatic hydroxyl groups excluding tert-OH is 1. The average molecular weight is 371 g/mol. The number of Topliss-reactive ketones (excluding diaryl/α,β-unsaturated/α-hetero) is 1. The molecule has 0 spiro atoms. The molecule has 0 aliphatic rings. The molecule has 0 saturated heterocycles. The molecular formula is C12H10BrF3O5. The molecule has 116 valence electrons. The van der Waals surface area contributed by atoms with Crippen molar-refractivity contribution in [1.82, 2.24) is 0 Å². The molecule has 5 nitrogen and oxygen atoms in total. The Morgan fingerprint density at radius 1 is 1.33 bits per heavy atom. The minimum Gasteiger partial charge on any atom is -0.479 e. The lowest BCUT2D eigenvalue weighted by Gasteiger charge is -2.15. The summed E-state index contributed by atoms with van der Waals surface area (Å²) in [4.78, 5) is 21.7. The van der Waals surface area contributed by atoms with Crippen LogP contribution in [0.2, 0.25) is 0 Å². The van der Waals surface area contributed by atoms with Crippen LogP contribution in [0.3, 0.4) is 0 Å². The molecule has 0 heterocycles. The second kappa shape index (κ2) is 6.44. The predicted octanol–water partition coefficient (Wildman–Crippen LogP) is 2.67. The first-order chi connectivity index (χ1) is 9.53. The summed E-state index contributed by atoms with van der Waals surface area (Å²) in [6.07, 6.45) is -7.08. The molecule has 1 aromatic rings. The number of carbonyl (C=O) groups excluding carboxylic acids is 1. The van der Waals surface area contributed by atoms with Crippen LogP contribution in [0.4, 0.5) is 13.2 Å². The lowest BCUT2D eigenvalue weighted by molar-refractivity contribution is -0.274. The fourth-order valence-electron chi connectivity index (χ4n) is 1.48. The highest BCUT2D eigenvalue weighted by Crippen LogP contribution is 2.31. The number of carbonyl (C=O) groups is 2. The molecule has 0 aliphatic carbocycles. The fourth-order valence-corrected chi connectivity index (χ4v) is 1.73. The first-order valence-electron chi connectivity index (χ1n) is 5.51. The minimum atomic E-state index is -5.06. The molecular weight excluding hydrogens is 361 g/mol. The Labute approximate surface area is 125 Å². The van der Waals surface area contributed by atoms with E-state index < -0.39 is 34.8 Å². The monoisotopic (exact) mass is 370 g/mol. The Morgan fingerprint density at radius 3 is 2.33 bits per heavy atom. The number of ether oxygens (including phenoxy) is 1. The van der Waals surface area contributed by atoms with Gasteiger partial charge < -0.3 is 14.9 Å². The summed E-state index contributed by atoms with van der Waals surface area (Å²) in [5, 5.41) is 18.0. The number of hydrogen-bond acceptors (Lipinski definition) is 4. The number of carboxylic acids is 1. The van der Waals surface area contributed by atoms with Gasteiger partial charge in [0, 0.05) is 0 Å². The lowest BCUT2D eigenvalue weighted by Crippen LogP contribution is -2.21. The van der Waals surface area contributed by atoms with E-state index in [4.69, 9.17) is 5.11 Å². The van der Waals surface area contributed by atoms with Crippen molar-refractivity contribution in [3.05, 3.63) is 29.3 Å². The predicted molar refractivity (Wildman–Crippen MR) is 68.4 cm³/mol. The van der Waals surface area contributed by atoms with Gasteiger partial charge >= 0.3 is 12.3 Å². The van der Waals surface area contributed by atoms with Gasteiger partial charge in [0.15, 0.2) is 11.9 Å². The number of halogens is 4. The van der Waals surface area contributed by atoms with E-state index in [2.05, 4.69) is 20.7 Å². The second-order valence-electron chi connectivity index (χ2n) is 4.02. The third kappa shape index (κ3) is 4.71. The maximum Gasteiger partial charge on any atom is 0.573 e. The van der Waals surface area contributed by atoms with Crippen molar-refractivity contribution in [3.63, 3.8) is 0 Å². The lowest BCUT2D eigenvalue weighted by atomic mass is 10.0. The van der Waals surface area contributed by atoms with E-state index in [1.54, 1.807) is 0 Å². The smallest absolute Gasteiger partial charge is 0.479 e. The highest BCUT2D eigenvalue weighted by atomic mass is 79.9. The number of hydrogen-bond donors (Lipinski definition) is 2. The van der Waals surface area contributed by atoms with E-state index in [1.165, 1.54) is 6.92 Å². The van der Waals surface area contributed by atoms with Crippen molar-refractivity contribution in [1.29, 1.82) is 0 Å². The molecule has 0 radical (unpaired) electrons. The van der Waals surface area contributed by atoms with Crippen LogP contribution < -0.4 is 4.74 Å². The van der Waals surface area contributed by atoms with Gasteiger partial charge in [0.25, 0.3) is 0 Å². The second-order valence-corrected chi connectivity index (χ2v) is 5.40. The zero-order chi connectivity index (χ0) is 16.4. The molecule has 0 aromatic heterocycles. The van der Waals surface area contributed by atoms with Gasteiger partial charge in [-0.05, 0) is 24.6 Å². The van der Waals surface area contributed by atoms with Gasteiger partial charge in [0.1, 0.15) is 5.75 Å². The number of carboxylic acid groups (broad SMARTS) is 1. The highest BCUT2D eigenvalue weighted by molar-refractivity contribution is 9.10. The molecule has 9 heteroatoms. The van der Waals surface area contributed by atoms with E-state index in [0.717, 1.165) is 12.1 Å². The van der Waals surface area contributed by atoms with Gasteiger partial charge in [0.05, 0.1) is 10.4 Å². The number of aliphatic carboxylic acids is 1. The normalized spacial score (nSPS) is 14.4. The largest absolute Gasteiger partial charge is 0.573 e. The Bertz CT molecular complexity index is 556. The molecule has 0 bridgehead atoms. The third-order valence-corrected chi connectivity index (χ3v) is 2.82. The van der Waals surface area contributed by atoms with Crippen molar-refractivity contribution >= 4 is 27.7 Å². The molecule has 21 heavy (non-hydrogen) atoms. The van der Waals surface area contributed by atoms with Gasteiger partial charge in [-0.3, -0.25) is 4.79 Å². The van der Waals surface area contributed by atoms with Crippen molar-refractivity contribution in [2.75, 3.05) is 0 Å². The summed E-state index contributed by atoms with van der Waals surface area (Å²) in [5.74, 6) is -3.18. The summed E-state index contributed by atoms with van der Waals surface area (Å²) >= 11 is 2.93. The van der Waals surface area contributed by atoms with E-state index in [1.807, 2.05) is 0 Å². The molecule has 1 rings (SSSR count). The number of rotatable bonds is 5. The van der Waals surface area contributed by atoms with E-state index >= 15 is 0 Å². The molecule has 0 saturated carbocycles. The molecule has 0 fully saturated rings. The molecule has 2 unspecified atom stereocenters. The minimum absolute atomic E-state index is 0.333. The molecule has 2 atom stereocenters. The number of aliphatic hydroxyl groups is 1. The van der Waals surface area contributed by atoms with E-state index in [-0.39, 0.29) is 11.1 Å². The molecule has 1 aromatic carbocycles. The quantitative estimate of drug-likeness (QED) is 0.614. The third-order valence-electron chi connectivity index (χ3n) is 2.41. The average Bonchev–Trinajstić information content (AvgIpc) is 2.34. The van der Waals surface area contributed by atoms with E-state index in [9.17, 15) is 27.9 Å². The molecule has 0 amide bonds. The van der Waals surface area contributed by atoms with Gasteiger partial charge in [-0.25, -0.2) is 4.79 Å². The number of alkyl halides is 4. The Hall–Kier alpha value is -1.61. The van der Waals surface area contributed by atoms with Crippen LogP contribution in [0.25, 0.3) is 0 Å². The van der Waals surface area contributed by atoms with Crippen LogP contribution in [-0.2, 0) is 4.79 Å². The van der Waals surface area contributed by atoms with Gasteiger partial charge in [0.2, 0.25) is 0 Å². The van der Waals surface area contributed by atoms with Crippen molar-refractivity contribution < 1.29 is 37.7 Å². The van der Waals surface area contributed by atoms with Gasteiger partial charge in [-0.1, -0.05) is 22.0 Å². The zero-order valence-electron chi connectivity index (χ0n) is 10.5. The topological polar surface area (TPSA) is 83.8 Å². The maximum atomic E-state index is 12.4. The van der Waals surface area contributed by atoms with Crippen molar-refractivity contribution in [2.45, 2.75) is 24.2 Å².